The molecular weight excluding hydrogens is 234 g/mol. The second-order valence-corrected chi connectivity index (χ2v) is 6.23. The van der Waals surface area contributed by atoms with Gasteiger partial charge >= 0.3 is 0 Å². The summed E-state index contributed by atoms with van der Waals surface area (Å²) >= 11 is 0. The van der Waals surface area contributed by atoms with Crippen molar-refractivity contribution in [2.45, 2.75) is 32.2 Å². The van der Waals surface area contributed by atoms with Gasteiger partial charge in [0.25, 0.3) is 0 Å². The lowest BCUT2D eigenvalue weighted by Gasteiger charge is -2.15. The molecular formula is C17H21NO. The van der Waals surface area contributed by atoms with Crippen molar-refractivity contribution in [1.82, 2.24) is 5.32 Å². The molecule has 2 aliphatic carbocycles. The predicted octanol–water partition coefficient (Wildman–Crippen LogP) is 3.96. The smallest absolute Gasteiger partial charge is 0.134 e. The number of benzene rings is 1. The molecule has 0 unspecified atom stereocenters. The molecule has 1 heterocycles. The van der Waals surface area contributed by atoms with E-state index < -0.39 is 0 Å². The van der Waals surface area contributed by atoms with Crippen LogP contribution in [0.3, 0.4) is 0 Å². The number of hydrogen-bond acceptors (Lipinski definition) is 2. The average molecular weight is 255 g/mol. The van der Waals surface area contributed by atoms with Gasteiger partial charge in [-0.3, -0.25) is 0 Å². The quantitative estimate of drug-likeness (QED) is 0.845. The van der Waals surface area contributed by atoms with Gasteiger partial charge < -0.3 is 9.73 Å². The molecule has 2 aromatic rings. The van der Waals surface area contributed by atoms with Gasteiger partial charge in [-0.15, -0.1) is 0 Å². The molecule has 0 spiro atoms. The van der Waals surface area contributed by atoms with Crippen molar-refractivity contribution in [1.29, 1.82) is 0 Å². The summed E-state index contributed by atoms with van der Waals surface area (Å²) in [5, 5.41) is 4.92. The van der Waals surface area contributed by atoms with Crippen molar-refractivity contribution in [3.05, 3.63) is 36.1 Å². The first-order valence-corrected chi connectivity index (χ1v) is 7.57. The average Bonchev–Trinajstić information content (AvgIpc) is 3.34. The van der Waals surface area contributed by atoms with Gasteiger partial charge in [0, 0.05) is 17.5 Å². The summed E-state index contributed by atoms with van der Waals surface area (Å²) in [5.41, 5.74) is 2.29. The van der Waals surface area contributed by atoms with Crippen molar-refractivity contribution in [3.63, 3.8) is 0 Å². The van der Waals surface area contributed by atoms with Gasteiger partial charge in [-0.1, -0.05) is 18.2 Å². The molecule has 0 saturated heterocycles. The molecule has 19 heavy (non-hydrogen) atoms. The van der Waals surface area contributed by atoms with Gasteiger partial charge in [0.1, 0.15) is 5.58 Å². The molecule has 2 aliphatic rings. The Morgan fingerprint density at radius 3 is 2.58 bits per heavy atom. The van der Waals surface area contributed by atoms with E-state index in [9.17, 15) is 0 Å². The largest absolute Gasteiger partial charge is 0.464 e. The van der Waals surface area contributed by atoms with E-state index in [4.69, 9.17) is 4.42 Å². The van der Waals surface area contributed by atoms with Crippen LogP contribution in [0.5, 0.6) is 0 Å². The highest BCUT2D eigenvalue weighted by molar-refractivity contribution is 5.80. The van der Waals surface area contributed by atoms with Crippen molar-refractivity contribution in [3.8, 4) is 0 Å². The highest BCUT2D eigenvalue weighted by Gasteiger charge is 2.40. The van der Waals surface area contributed by atoms with Gasteiger partial charge in [-0.2, -0.15) is 0 Å². The third-order valence-electron chi connectivity index (χ3n) is 4.71. The molecule has 0 aliphatic heterocycles. The topological polar surface area (TPSA) is 25.2 Å². The Balaban J connectivity index is 1.39. The first-order chi connectivity index (χ1) is 9.42. The van der Waals surface area contributed by atoms with Crippen LogP contribution >= 0.6 is 0 Å². The maximum atomic E-state index is 5.59. The molecule has 1 N–H and O–H groups in total. The van der Waals surface area contributed by atoms with Crippen LogP contribution in [0.2, 0.25) is 0 Å². The van der Waals surface area contributed by atoms with Crippen LogP contribution in [-0.2, 0) is 6.54 Å². The van der Waals surface area contributed by atoms with Crippen molar-refractivity contribution in [2.75, 3.05) is 6.54 Å². The second-order valence-electron chi connectivity index (χ2n) is 6.23. The minimum Gasteiger partial charge on any atom is -0.464 e. The zero-order valence-corrected chi connectivity index (χ0v) is 11.3. The molecule has 0 radical (unpaired) electrons. The molecule has 2 saturated carbocycles. The van der Waals surface area contributed by atoms with Gasteiger partial charge in [0.15, 0.2) is 0 Å². The molecule has 4 rings (SSSR count). The first kappa shape index (κ1) is 11.5. The van der Waals surface area contributed by atoms with E-state index in [0.717, 1.165) is 29.9 Å². The first-order valence-electron chi connectivity index (χ1n) is 7.57. The summed E-state index contributed by atoms with van der Waals surface area (Å²) in [4.78, 5) is 0. The summed E-state index contributed by atoms with van der Waals surface area (Å²) in [6, 6.07) is 8.29. The monoisotopic (exact) mass is 255 g/mol. The maximum Gasteiger partial charge on any atom is 0.134 e. The van der Waals surface area contributed by atoms with Crippen LogP contribution in [0.25, 0.3) is 11.0 Å². The standard InChI is InChI=1S/C17H21NO/c1-2-4-17-15(3-1)14(11-19-17)9-18-10-16(12-5-6-12)13-7-8-13/h1-4,11-13,16,18H,5-10H2. The minimum absolute atomic E-state index is 0.937. The fourth-order valence-electron chi connectivity index (χ4n) is 3.31. The Bertz CT molecular complexity index is 553. The maximum absolute atomic E-state index is 5.59. The van der Waals surface area contributed by atoms with Crippen molar-refractivity contribution < 1.29 is 4.42 Å². The fraction of sp³-hybridized carbons (Fsp3) is 0.529. The van der Waals surface area contributed by atoms with Gasteiger partial charge in [-0.05, 0) is 56.0 Å². The van der Waals surface area contributed by atoms with Crippen molar-refractivity contribution >= 4 is 11.0 Å². The van der Waals surface area contributed by atoms with E-state index in [1.165, 1.54) is 43.2 Å². The lowest BCUT2D eigenvalue weighted by Crippen LogP contribution is -2.25. The molecule has 1 aromatic carbocycles. The lowest BCUT2D eigenvalue weighted by atomic mass is 9.98. The normalized spacial score (nSPS) is 19.4. The van der Waals surface area contributed by atoms with E-state index in [0.29, 0.717) is 0 Å². The molecule has 2 fully saturated rings. The van der Waals surface area contributed by atoms with E-state index in [2.05, 4.69) is 17.4 Å². The van der Waals surface area contributed by atoms with E-state index in [-0.39, 0.29) is 0 Å². The van der Waals surface area contributed by atoms with E-state index in [1.807, 2.05) is 18.4 Å². The van der Waals surface area contributed by atoms with Gasteiger partial charge in [0.2, 0.25) is 0 Å². The molecule has 0 bridgehead atoms. The highest BCUT2D eigenvalue weighted by Crippen LogP contribution is 2.48. The summed E-state index contributed by atoms with van der Waals surface area (Å²) in [7, 11) is 0. The van der Waals surface area contributed by atoms with Crippen LogP contribution in [-0.4, -0.2) is 6.54 Å². The van der Waals surface area contributed by atoms with Crippen LogP contribution in [0.15, 0.2) is 34.9 Å². The molecule has 1 aromatic heterocycles. The third-order valence-corrected chi connectivity index (χ3v) is 4.71. The Morgan fingerprint density at radius 1 is 1.11 bits per heavy atom. The Labute approximate surface area is 114 Å². The van der Waals surface area contributed by atoms with Crippen LogP contribution in [0.4, 0.5) is 0 Å². The zero-order chi connectivity index (χ0) is 12.7. The molecule has 2 nitrogen and oxygen atoms in total. The highest BCUT2D eigenvalue weighted by atomic mass is 16.3. The van der Waals surface area contributed by atoms with Gasteiger partial charge in [0.05, 0.1) is 6.26 Å². The zero-order valence-electron chi connectivity index (χ0n) is 11.3. The van der Waals surface area contributed by atoms with Crippen LogP contribution < -0.4 is 5.32 Å². The number of nitrogens with one attached hydrogen (secondary N) is 1. The Hall–Kier alpha value is -1.28. The van der Waals surface area contributed by atoms with Gasteiger partial charge in [-0.25, -0.2) is 0 Å². The third kappa shape index (κ3) is 2.42. The van der Waals surface area contributed by atoms with Crippen molar-refractivity contribution in [2.24, 2.45) is 17.8 Å². The number of hydrogen-bond donors (Lipinski definition) is 1. The van der Waals surface area contributed by atoms with Crippen LogP contribution in [0, 0.1) is 17.8 Å². The van der Waals surface area contributed by atoms with E-state index >= 15 is 0 Å². The molecule has 0 amide bonds. The molecule has 2 heteroatoms. The fourth-order valence-corrected chi connectivity index (χ4v) is 3.31. The Kier molecular flexibility index (Phi) is 2.84. The SMILES string of the molecule is c1ccc2c(CNCC(C3CC3)C3CC3)coc2c1. The molecule has 100 valence electrons. The predicted molar refractivity (Wildman–Crippen MR) is 76.9 cm³/mol. The number of rotatable bonds is 6. The number of furan rings is 1. The molecule has 0 atom stereocenters. The summed E-state index contributed by atoms with van der Waals surface area (Å²) in [6.07, 6.45) is 7.78. The summed E-state index contributed by atoms with van der Waals surface area (Å²) < 4.78 is 5.59. The Morgan fingerprint density at radius 2 is 1.84 bits per heavy atom. The second kappa shape index (κ2) is 4.68. The summed E-state index contributed by atoms with van der Waals surface area (Å²) in [5.74, 6) is 3.00. The lowest BCUT2D eigenvalue weighted by molar-refractivity contribution is 0.378. The number of para-hydroxylation sites is 1. The number of fused-ring (bicyclic) bond motifs is 1. The van der Waals surface area contributed by atoms with Crippen LogP contribution in [0.1, 0.15) is 31.2 Å². The minimum atomic E-state index is 0.937. The van der Waals surface area contributed by atoms with E-state index in [1.54, 1.807) is 0 Å². The summed E-state index contributed by atoms with van der Waals surface area (Å²) in [6.45, 7) is 2.13.